The van der Waals surface area contributed by atoms with Crippen LogP contribution in [0, 0.1) is 29.1 Å². The lowest BCUT2D eigenvalue weighted by molar-refractivity contribution is -0.208. The number of ether oxygens (including phenoxy) is 2. The molecule has 5 aliphatic rings. The highest BCUT2D eigenvalue weighted by Gasteiger charge is 2.64. The van der Waals surface area contributed by atoms with E-state index in [0.29, 0.717) is 31.5 Å². The molecular formula is C31H41NO4. The molecule has 5 nitrogen and oxygen atoms in total. The van der Waals surface area contributed by atoms with Gasteiger partial charge in [0.05, 0.1) is 18.8 Å². The number of nitrogens with zero attached hydrogens (tertiary/aromatic N) is 1. The van der Waals surface area contributed by atoms with Crippen LogP contribution in [0.3, 0.4) is 0 Å². The third-order valence-electron chi connectivity index (χ3n) is 10.5. The zero-order valence-corrected chi connectivity index (χ0v) is 22.3. The Morgan fingerprint density at radius 1 is 1.00 bits per heavy atom. The van der Waals surface area contributed by atoms with Crippen LogP contribution in [-0.4, -0.2) is 54.5 Å². The summed E-state index contributed by atoms with van der Waals surface area (Å²) in [4.78, 5) is 2.13. The lowest BCUT2D eigenvalue weighted by Crippen LogP contribution is -2.55. The summed E-state index contributed by atoms with van der Waals surface area (Å²) in [5.41, 5.74) is 3.04. The van der Waals surface area contributed by atoms with Gasteiger partial charge in [0.2, 0.25) is 0 Å². The zero-order valence-electron chi connectivity index (χ0n) is 22.3. The standard InChI is InChI=1S/C31H41NO4/c1-5-13-30(34)15-11-25-23-10-14-29(33)20-31(35-17-18-36-31)16-12-26(29)27(23)24(19-28(25,30)2)21-6-8-22(9-7-21)32(3)4/h6-9,23-25,33-34H,10-12,14-20H2,1-4H3/t23-,24-,25-,28-,29+,30-/m0/s1. The minimum absolute atomic E-state index is 0.164. The molecule has 0 bridgehead atoms. The molecule has 6 rings (SSSR count). The molecule has 3 saturated carbocycles. The predicted octanol–water partition coefficient (Wildman–Crippen LogP) is 4.78. The van der Waals surface area contributed by atoms with Gasteiger partial charge in [-0.05, 0) is 80.6 Å². The second-order valence-corrected chi connectivity index (χ2v) is 12.4. The van der Waals surface area contributed by atoms with Crippen molar-refractivity contribution in [3.05, 3.63) is 41.0 Å². The summed E-state index contributed by atoms with van der Waals surface area (Å²) in [6.45, 7) is 5.36. The van der Waals surface area contributed by atoms with E-state index in [4.69, 9.17) is 9.47 Å². The van der Waals surface area contributed by atoms with Gasteiger partial charge in [-0.2, -0.15) is 0 Å². The highest BCUT2D eigenvalue weighted by molar-refractivity contribution is 5.50. The maximum absolute atomic E-state index is 12.1. The molecule has 1 spiro atoms. The Balaban J connectivity index is 1.48. The molecule has 1 heterocycles. The van der Waals surface area contributed by atoms with Gasteiger partial charge >= 0.3 is 0 Å². The number of anilines is 1. The Hall–Kier alpha value is -1.84. The summed E-state index contributed by atoms with van der Waals surface area (Å²) < 4.78 is 12.1. The first-order valence-corrected chi connectivity index (χ1v) is 13.8. The Bertz CT molecular complexity index is 1120. The van der Waals surface area contributed by atoms with Crippen LogP contribution >= 0.6 is 0 Å². The summed E-state index contributed by atoms with van der Waals surface area (Å²) in [6.07, 6.45) is 6.41. The normalized spacial score (nSPS) is 40.8. The van der Waals surface area contributed by atoms with Crippen LogP contribution in [0.1, 0.15) is 76.7 Å². The minimum atomic E-state index is -0.958. The van der Waals surface area contributed by atoms with Gasteiger partial charge in [-0.3, -0.25) is 0 Å². The summed E-state index contributed by atoms with van der Waals surface area (Å²) in [5, 5.41) is 24.0. The van der Waals surface area contributed by atoms with E-state index in [1.165, 1.54) is 22.4 Å². The van der Waals surface area contributed by atoms with Crippen molar-refractivity contribution in [1.29, 1.82) is 0 Å². The van der Waals surface area contributed by atoms with Gasteiger partial charge < -0.3 is 24.6 Å². The van der Waals surface area contributed by atoms with Gasteiger partial charge in [0.15, 0.2) is 5.79 Å². The number of hydrogen-bond donors (Lipinski definition) is 2. The fraction of sp³-hybridized carbons (Fsp3) is 0.677. The van der Waals surface area contributed by atoms with Crippen molar-refractivity contribution in [2.24, 2.45) is 17.3 Å². The minimum Gasteiger partial charge on any atom is -0.385 e. The van der Waals surface area contributed by atoms with Crippen molar-refractivity contribution in [1.82, 2.24) is 0 Å². The van der Waals surface area contributed by atoms with Crippen LogP contribution in [0.25, 0.3) is 0 Å². The Labute approximate surface area is 215 Å². The largest absolute Gasteiger partial charge is 0.385 e. The Morgan fingerprint density at radius 3 is 2.39 bits per heavy atom. The average Bonchev–Trinajstić information content (AvgIpc) is 3.40. The molecule has 36 heavy (non-hydrogen) atoms. The molecule has 2 N–H and O–H groups in total. The van der Waals surface area contributed by atoms with Crippen LogP contribution in [0.5, 0.6) is 0 Å². The third kappa shape index (κ3) is 3.45. The fourth-order valence-corrected chi connectivity index (χ4v) is 8.73. The molecule has 4 aliphatic carbocycles. The highest BCUT2D eigenvalue weighted by atomic mass is 16.7. The van der Waals surface area contributed by atoms with E-state index in [1.807, 2.05) is 6.92 Å². The zero-order chi connectivity index (χ0) is 25.3. The first-order chi connectivity index (χ1) is 17.1. The van der Waals surface area contributed by atoms with Gasteiger partial charge in [-0.15, -0.1) is 5.92 Å². The van der Waals surface area contributed by atoms with E-state index in [9.17, 15) is 10.2 Å². The van der Waals surface area contributed by atoms with Crippen LogP contribution < -0.4 is 4.90 Å². The maximum Gasteiger partial charge on any atom is 0.171 e. The Morgan fingerprint density at radius 2 is 1.72 bits per heavy atom. The first kappa shape index (κ1) is 24.5. The summed E-state index contributed by atoms with van der Waals surface area (Å²) >= 11 is 0. The second kappa shape index (κ2) is 8.33. The van der Waals surface area contributed by atoms with Crippen molar-refractivity contribution in [3.63, 3.8) is 0 Å². The molecule has 194 valence electrons. The summed E-state index contributed by atoms with van der Waals surface area (Å²) in [6, 6.07) is 8.91. The molecule has 6 atom stereocenters. The molecule has 0 radical (unpaired) electrons. The van der Waals surface area contributed by atoms with E-state index >= 15 is 0 Å². The summed E-state index contributed by atoms with van der Waals surface area (Å²) in [5.74, 6) is 6.58. The number of benzene rings is 1. The number of hydrogen-bond acceptors (Lipinski definition) is 5. The van der Waals surface area contributed by atoms with Gasteiger partial charge in [0, 0.05) is 44.0 Å². The number of fused-ring (bicyclic) bond motifs is 4. The quantitative estimate of drug-likeness (QED) is 0.461. The van der Waals surface area contributed by atoms with Gasteiger partial charge in [-0.25, -0.2) is 0 Å². The molecule has 1 saturated heterocycles. The van der Waals surface area contributed by atoms with Gasteiger partial charge in [0.1, 0.15) is 5.60 Å². The van der Waals surface area contributed by atoms with E-state index < -0.39 is 17.0 Å². The summed E-state index contributed by atoms with van der Waals surface area (Å²) in [7, 11) is 4.13. The van der Waals surface area contributed by atoms with E-state index in [0.717, 1.165) is 44.9 Å². The molecule has 0 unspecified atom stereocenters. The lowest BCUT2D eigenvalue weighted by Gasteiger charge is -2.57. The maximum atomic E-state index is 12.1. The van der Waals surface area contributed by atoms with Crippen LogP contribution in [-0.2, 0) is 9.47 Å². The van der Waals surface area contributed by atoms with Crippen LogP contribution in [0.15, 0.2) is 35.4 Å². The first-order valence-electron chi connectivity index (χ1n) is 13.8. The van der Waals surface area contributed by atoms with E-state index in [-0.39, 0.29) is 11.3 Å². The van der Waals surface area contributed by atoms with Crippen LogP contribution in [0.4, 0.5) is 5.69 Å². The van der Waals surface area contributed by atoms with Gasteiger partial charge in [0.25, 0.3) is 0 Å². The molecule has 1 aliphatic heterocycles. The molecular weight excluding hydrogens is 450 g/mol. The van der Waals surface area contributed by atoms with E-state index in [1.54, 1.807) is 0 Å². The lowest BCUT2D eigenvalue weighted by atomic mass is 9.49. The average molecular weight is 492 g/mol. The van der Waals surface area contributed by atoms with Crippen molar-refractivity contribution < 1.29 is 19.7 Å². The molecule has 0 amide bonds. The number of rotatable bonds is 2. The highest BCUT2D eigenvalue weighted by Crippen LogP contribution is 2.67. The Kier molecular flexibility index (Phi) is 5.67. The van der Waals surface area contributed by atoms with Crippen molar-refractivity contribution in [3.8, 4) is 11.8 Å². The smallest absolute Gasteiger partial charge is 0.171 e. The predicted molar refractivity (Wildman–Crippen MR) is 141 cm³/mol. The number of aliphatic hydroxyl groups is 2. The van der Waals surface area contributed by atoms with Gasteiger partial charge in [-0.1, -0.05) is 30.6 Å². The molecule has 1 aromatic rings. The fourth-order valence-electron chi connectivity index (χ4n) is 8.73. The van der Waals surface area contributed by atoms with Crippen molar-refractivity contribution in [2.45, 2.75) is 88.1 Å². The van der Waals surface area contributed by atoms with E-state index in [2.05, 4.69) is 62.0 Å². The number of allylic oxidation sites excluding steroid dienone is 1. The van der Waals surface area contributed by atoms with Crippen LogP contribution in [0.2, 0.25) is 0 Å². The topological polar surface area (TPSA) is 62.2 Å². The second-order valence-electron chi connectivity index (χ2n) is 12.4. The molecule has 5 heteroatoms. The molecule has 0 aromatic heterocycles. The molecule has 4 fully saturated rings. The monoisotopic (exact) mass is 491 g/mol. The van der Waals surface area contributed by atoms with Crippen molar-refractivity contribution in [2.75, 3.05) is 32.2 Å². The third-order valence-corrected chi connectivity index (χ3v) is 10.5. The SMILES string of the molecule is CC#C[C@]1(O)CC[C@H]2[C@@H]3CC[C@@]4(O)CC5(CCC4=C3[C@H](c3ccc(N(C)C)cc3)C[C@@]21C)OCCO5. The molecule has 1 aromatic carbocycles. The van der Waals surface area contributed by atoms with Crippen molar-refractivity contribution >= 4 is 5.69 Å².